The molecule has 702 valence electrons. The van der Waals surface area contributed by atoms with Gasteiger partial charge < -0.3 is 14.7 Å². The van der Waals surface area contributed by atoms with E-state index in [4.69, 9.17) is 0 Å². The molecule has 15 aromatic rings. The van der Waals surface area contributed by atoms with E-state index in [9.17, 15) is 0 Å². The third kappa shape index (κ3) is 18.9. The molecule has 0 spiro atoms. The molecule has 0 fully saturated rings. The molecule has 27 rings (SSSR count). The van der Waals surface area contributed by atoms with Crippen LogP contribution in [0.1, 0.15) is 341 Å². The first-order chi connectivity index (χ1) is 67.0. The Hall–Kier alpha value is -12.3. The Bertz CT molecular complexity index is 6340. The Morgan fingerprint density at radius 1 is 0.126 bits per heavy atom. The molecule has 12 aliphatic rings. The van der Waals surface area contributed by atoms with Crippen molar-refractivity contribution >= 4 is 51.2 Å². The van der Waals surface area contributed by atoms with Crippen molar-refractivity contribution in [3.05, 3.63) is 407 Å². The summed E-state index contributed by atoms with van der Waals surface area (Å²) in [6.45, 7) is 60.0. The van der Waals surface area contributed by atoms with E-state index in [1.807, 2.05) is 208 Å². The number of fused-ring (bicyclic) bond motifs is 34. The summed E-state index contributed by atoms with van der Waals surface area (Å²) in [5, 5.41) is 0. The molecule has 15 aromatic carbocycles. The number of hydrogen-bond acceptors (Lipinski definition) is 3. The molecule has 0 amide bonds. The average molecular weight is 1790 g/mol. The van der Waals surface area contributed by atoms with Gasteiger partial charge in [0.1, 0.15) is 0 Å². The maximum absolute atomic E-state index is 2.61. The van der Waals surface area contributed by atoms with Crippen LogP contribution >= 0.6 is 0 Å². The van der Waals surface area contributed by atoms with Crippen molar-refractivity contribution in [3.63, 3.8) is 0 Å². The number of anilines is 9. The van der Waals surface area contributed by atoms with Gasteiger partial charge in [-0.25, -0.2) is 0 Å². The highest BCUT2D eigenvalue weighted by Crippen LogP contribution is 2.62. The second-order valence-corrected chi connectivity index (χ2v) is 31.5. The van der Waals surface area contributed by atoms with Gasteiger partial charge in [-0.05, 0) is 259 Å². The van der Waals surface area contributed by atoms with Gasteiger partial charge in [0, 0.05) is 72.3 Å². The summed E-state index contributed by atoms with van der Waals surface area (Å²) in [5.41, 5.74) is 65.0. The van der Waals surface area contributed by atoms with E-state index in [1.165, 1.54) is 240 Å². The Morgan fingerprint density at radius 3 is 0.704 bits per heavy atom. The minimum Gasteiger partial charge on any atom is -0.309 e. The molecule has 135 heavy (non-hydrogen) atoms. The normalized spacial score (nSPS) is 12.3. The zero-order chi connectivity index (χ0) is 98.0. The minimum absolute atomic E-state index is 1.01. The lowest BCUT2D eigenvalue weighted by Gasteiger charge is -2.40. The molecular weight excluding hydrogens is 1630 g/mol. The molecule has 0 aromatic heterocycles. The number of hydrogen-bond donors (Lipinski definition) is 0. The topological polar surface area (TPSA) is 9.72 Å². The Balaban J connectivity index is 0.000000184. The van der Waals surface area contributed by atoms with E-state index >= 15 is 0 Å². The predicted molar refractivity (Wildman–Crippen MR) is 600 cm³/mol. The molecule has 0 radical (unpaired) electrons. The first kappa shape index (κ1) is 105. The molecule has 6 heterocycles. The fraction of sp³-hybridized carbons (Fsp3) is 0.318. The number of nitrogens with zero attached hydrogens (tertiary/aromatic N) is 3. The molecule has 0 unspecified atom stereocenters. The smallest absolute Gasteiger partial charge is 0.0578 e. The third-order valence-electron chi connectivity index (χ3n) is 26.1. The molecule has 0 saturated heterocycles. The predicted octanol–water partition coefficient (Wildman–Crippen LogP) is 39.7. The van der Waals surface area contributed by atoms with Crippen LogP contribution in [-0.2, 0) is 77.0 Å². The van der Waals surface area contributed by atoms with E-state index < -0.39 is 0 Å². The second-order valence-electron chi connectivity index (χ2n) is 31.5. The summed E-state index contributed by atoms with van der Waals surface area (Å²) in [7, 11) is 0. The van der Waals surface area contributed by atoms with Gasteiger partial charge in [0.05, 0.1) is 34.1 Å². The first-order valence-corrected chi connectivity index (χ1v) is 53.1. The monoisotopic (exact) mass is 1790 g/mol. The Labute approximate surface area is 818 Å². The molecule has 0 saturated carbocycles. The van der Waals surface area contributed by atoms with Crippen LogP contribution in [-0.4, -0.2) is 0 Å². The molecule has 0 atom stereocenters. The summed E-state index contributed by atoms with van der Waals surface area (Å²) < 4.78 is 0. The van der Waals surface area contributed by atoms with Gasteiger partial charge in [0.25, 0.3) is 0 Å². The number of rotatable bonds is 0. The van der Waals surface area contributed by atoms with Crippen LogP contribution in [0.5, 0.6) is 0 Å². The maximum atomic E-state index is 2.61. The van der Waals surface area contributed by atoms with Crippen molar-refractivity contribution in [1.29, 1.82) is 0 Å². The highest BCUT2D eigenvalue weighted by atomic mass is 15.2. The lowest BCUT2D eigenvalue weighted by Crippen LogP contribution is -2.25. The van der Waals surface area contributed by atoms with Crippen molar-refractivity contribution in [2.24, 2.45) is 0 Å². The van der Waals surface area contributed by atoms with Gasteiger partial charge in [0.2, 0.25) is 0 Å². The summed E-state index contributed by atoms with van der Waals surface area (Å²) >= 11 is 0. The standard InChI is InChI=1S/3C34H23N.15C2H6/c1-3-10-28-20(6-1)14-26-19-30-27(18-29(26)28)16-22-12-13-25-17-24-9-5-8-23-15-21-7-2-4-11-31(21)35(33(23)24)34(25)32(22)30;1-3-10-28-20(6-1)14-26-18-27-16-22-12-13-25-17-24-9-5-8-23-15-21-7-2-4-11-31(21)35(33(23)24)34(25)32(22)30(27)19-29(26)28;1-3-10-26-20(6-1)18-29-27(26)14-15-28-30(29)19-22-12-13-25-17-24-9-5-8-23-16-21-7-2-4-11-31(21)35(33(23)24)34(25)32(22)28;15*1-2/h2*1-13,18-19H,14-17H2;1-15H,16-19H2;15*1-2H3. The van der Waals surface area contributed by atoms with Crippen molar-refractivity contribution < 1.29 is 0 Å². The summed E-state index contributed by atoms with van der Waals surface area (Å²) in [6.07, 6.45) is 12.3. The van der Waals surface area contributed by atoms with Crippen LogP contribution < -0.4 is 14.7 Å². The fourth-order valence-corrected chi connectivity index (χ4v) is 21.7. The van der Waals surface area contributed by atoms with Crippen molar-refractivity contribution in [3.8, 4) is 66.8 Å². The van der Waals surface area contributed by atoms with Crippen molar-refractivity contribution in [1.82, 2.24) is 0 Å². The minimum atomic E-state index is 1.01. The summed E-state index contributed by atoms with van der Waals surface area (Å²) in [5.74, 6) is 0. The van der Waals surface area contributed by atoms with Gasteiger partial charge in [-0.3, -0.25) is 0 Å². The van der Waals surface area contributed by atoms with Crippen LogP contribution in [0.4, 0.5) is 51.2 Å². The maximum Gasteiger partial charge on any atom is 0.0578 e. The molecule has 6 aliphatic heterocycles. The fourth-order valence-electron chi connectivity index (χ4n) is 21.7. The van der Waals surface area contributed by atoms with Gasteiger partial charge in [-0.15, -0.1) is 0 Å². The van der Waals surface area contributed by atoms with Crippen LogP contribution in [0.25, 0.3) is 66.8 Å². The number of benzene rings is 15. The first-order valence-electron chi connectivity index (χ1n) is 53.1. The highest BCUT2D eigenvalue weighted by molar-refractivity contribution is 6.05. The quantitative estimate of drug-likeness (QED) is 0.150. The summed E-state index contributed by atoms with van der Waals surface area (Å²) in [6, 6.07) is 104. The molecule has 6 aliphatic carbocycles. The molecule has 0 N–H and O–H groups in total. The van der Waals surface area contributed by atoms with Crippen LogP contribution in [0.15, 0.2) is 273 Å². The van der Waals surface area contributed by atoms with Gasteiger partial charge in [0.15, 0.2) is 0 Å². The lowest BCUT2D eigenvalue weighted by atomic mass is 9.84. The van der Waals surface area contributed by atoms with Crippen molar-refractivity contribution in [2.45, 2.75) is 285 Å². The van der Waals surface area contributed by atoms with E-state index in [0.29, 0.717) is 0 Å². The number of para-hydroxylation sites is 6. The van der Waals surface area contributed by atoms with Gasteiger partial charge in [-0.2, -0.15) is 0 Å². The lowest BCUT2D eigenvalue weighted by molar-refractivity contribution is 1.01. The molecule has 3 nitrogen and oxygen atoms in total. The second kappa shape index (κ2) is 49.8. The Kier molecular flexibility index (Phi) is 38.6. The highest BCUT2D eigenvalue weighted by Gasteiger charge is 2.42. The largest absolute Gasteiger partial charge is 0.309 e. The van der Waals surface area contributed by atoms with Crippen LogP contribution in [0.3, 0.4) is 0 Å². The Morgan fingerprint density at radius 2 is 0.333 bits per heavy atom. The van der Waals surface area contributed by atoms with Crippen LogP contribution in [0, 0.1) is 0 Å². The van der Waals surface area contributed by atoms with E-state index in [-0.39, 0.29) is 0 Å². The van der Waals surface area contributed by atoms with E-state index in [1.54, 1.807) is 11.1 Å². The van der Waals surface area contributed by atoms with Gasteiger partial charge >= 0.3 is 0 Å². The molecular formula is C132H159N3. The molecule has 3 heteroatoms. The SMILES string of the molecule is CC.CC.CC.CC.CC.CC.CC.CC.CC.CC.CC.CC.CC.CC.CC.c1ccc2c(c1)Cc1c-2ccc2c1Cc1ccc3c(c1-2)N1c2ccccc2Cc2cccc(c21)C3.c1ccc2c(c1)Cc1cc3c(cc1-2)-c1c(ccc2c1N1c4ccccc4Cc4cccc(c41)C2)C3.c1ccc2c(c1)Cc1cc3c(cc1-2)Cc1ccc2c(c1-3)N1c3ccccc3Cc3cccc(c31)C2. The average Bonchev–Trinajstić information content (AvgIpc) is 1.71. The zero-order valence-electron chi connectivity index (χ0n) is 88.3. The zero-order valence-corrected chi connectivity index (χ0v) is 88.3. The van der Waals surface area contributed by atoms with E-state index in [2.05, 4.69) is 288 Å². The summed E-state index contributed by atoms with van der Waals surface area (Å²) in [4.78, 5) is 7.83. The van der Waals surface area contributed by atoms with Gasteiger partial charge in [-0.1, -0.05) is 444 Å². The molecule has 0 bridgehead atoms. The third-order valence-corrected chi connectivity index (χ3v) is 26.1. The van der Waals surface area contributed by atoms with E-state index in [0.717, 1.165) is 77.0 Å². The van der Waals surface area contributed by atoms with Crippen molar-refractivity contribution in [2.75, 3.05) is 14.7 Å². The van der Waals surface area contributed by atoms with Crippen LogP contribution in [0.2, 0.25) is 0 Å².